The van der Waals surface area contributed by atoms with Gasteiger partial charge in [-0.25, -0.2) is 0 Å². The van der Waals surface area contributed by atoms with Crippen LogP contribution in [0.2, 0.25) is 5.02 Å². The van der Waals surface area contributed by atoms with Crippen LogP contribution in [0.15, 0.2) is 54.7 Å². The lowest BCUT2D eigenvalue weighted by Crippen LogP contribution is -1.87. The SMILES string of the molecule is Cn1ccc2c(Oc3ccccc3Cl)cccc21. The smallest absolute Gasteiger partial charge is 0.146 e. The summed E-state index contributed by atoms with van der Waals surface area (Å²) >= 11 is 6.10. The first-order chi connectivity index (χ1) is 8.75. The number of nitrogens with zero attached hydrogens (tertiary/aromatic N) is 1. The highest BCUT2D eigenvalue weighted by molar-refractivity contribution is 6.32. The zero-order valence-corrected chi connectivity index (χ0v) is 10.7. The molecule has 0 bridgehead atoms. The van der Waals surface area contributed by atoms with Crippen LogP contribution in [0.1, 0.15) is 0 Å². The van der Waals surface area contributed by atoms with Gasteiger partial charge in [-0.05, 0) is 30.3 Å². The summed E-state index contributed by atoms with van der Waals surface area (Å²) in [5.74, 6) is 1.50. The van der Waals surface area contributed by atoms with Crippen molar-refractivity contribution in [3.05, 3.63) is 59.8 Å². The highest BCUT2D eigenvalue weighted by Gasteiger charge is 2.07. The molecular formula is C15H12ClNO. The van der Waals surface area contributed by atoms with E-state index in [2.05, 4.69) is 10.6 Å². The highest BCUT2D eigenvalue weighted by Crippen LogP contribution is 2.33. The van der Waals surface area contributed by atoms with E-state index in [0.29, 0.717) is 10.8 Å². The van der Waals surface area contributed by atoms with Crippen LogP contribution in [0.25, 0.3) is 10.9 Å². The van der Waals surface area contributed by atoms with Crippen molar-refractivity contribution in [1.82, 2.24) is 4.57 Å². The van der Waals surface area contributed by atoms with Gasteiger partial charge in [-0.2, -0.15) is 0 Å². The van der Waals surface area contributed by atoms with E-state index < -0.39 is 0 Å². The maximum atomic E-state index is 6.10. The van der Waals surface area contributed by atoms with Crippen molar-refractivity contribution >= 4 is 22.5 Å². The van der Waals surface area contributed by atoms with Crippen molar-refractivity contribution < 1.29 is 4.74 Å². The summed E-state index contributed by atoms with van der Waals surface area (Å²) in [6.07, 6.45) is 2.02. The average molecular weight is 258 g/mol. The van der Waals surface area contributed by atoms with Gasteiger partial charge in [0.15, 0.2) is 0 Å². The Kier molecular flexibility index (Phi) is 2.73. The number of hydrogen-bond acceptors (Lipinski definition) is 1. The molecule has 0 aliphatic heterocycles. The van der Waals surface area contributed by atoms with Crippen molar-refractivity contribution in [3.63, 3.8) is 0 Å². The predicted octanol–water partition coefficient (Wildman–Crippen LogP) is 4.62. The zero-order chi connectivity index (χ0) is 12.5. The van der Waals surface area contributed by atoms with Gasteiger partial charge in [0.2, 0.25) is 0 Å². The second kappa shape index (κ2) is 4.39. The van der Waals surface area contributed by atoms with Crippen LogP contribution in [-0.4, -0.2) is 4.57 Å². The molecule has 2 nitrogen and oxygen atoms in total. The quantitative estimate of drug-likeness (QED) is 0.653. The maximum Gasteiger partial charge on any atom is 0.146 e. The summed E-state index contributed by atoms with van der Waals surface area (Å²) in [7, 11) is 2.02. The van der Waals surface area contributed by atoms with E-state index in [-0.39, 0.29) is 0 Å². The number of aryl methyl sites for hydroxylation is 1. The van der Waals surface area contributed by atoms with Gasteiger partial charge in [0, 0.05) is 18.6 Å². The van der Waals surface area contributed by atoms with Crippen LogP contribution in [0.4, 0.5) is 0 Å². The van der Waals surface area contributed by atoms with E-state index in [0.717, 1.165) is 16.7 Å². The molecule has 3 aromatic rings. The summed E-state index contributed by atoms with van der Waals surface area (Å²) in [5, 5.41) is 1.70. The molecule has 0 unspecified atom stereocenters. The van der Waals surface area contributed by atoms with Crippen molar-refractivity contribution in [1.29, 1.82) is 0 Å². The molecule has 3 heteroatoms. The van der Waals surface area contributed by atoms with Gasteiger partial charge in [0.1, 0.15) is 11.5 Å². The van der Waals surface area contributed by atoms with Crippen LogP contribution in [0.5, 0.6) is 11.5 Å². The summed E-state index contributed by atoms with van der Waals surface area (Å²) in [6, 6.07) is 15.5. The molecule has 0 spiro atoms. The number of para-hydroxylation sites is 1. The molecule has 0 saturated heterocycles. The van der Waals surface area contributed by atoms with E-state index in [4.69, 9.17) is 16.3 Å². The maximum absolute atomic E-state index is 6.10. The Balaban J connectivity index is 2.08. The Labute approximate surface area is 110 Å². The van der Waals surface area contributed by atoms with Crippen molar-refractivity contribution in [2.24, 2.45) is 7.05 Å². The van der Waals surface area contributed by atoms with E-state index in [1.165, 1.54) is 0 Å². The van der Waals surface area contributed by atoms with Crippen molar-refractivity contribution in [3.8, 4) is 11.5 Å². The largest absolute Gasteiger partial charge is 0.455 e. The average Bonchev–Trinajstić information content (AvgIpc) is 2.76. The van der Waals surface area contributed by atoms with Crippen LogP contribution in [0, 0.1) is 0 Å². The highest BCUT2D eigenvalue weighted by atomic mass is 35.5. The van der Waals surface area contributed by atoms with Crippen LogP contribution < -0.4 is 4.74 Å². The van der Waals surface area contributed by atoms with Gasteiger partial charge in [0.25, 0.3) is 0 Å². The number of fused-ring (bicyclic) bond motifs is 1. The second-order valence-corrected chi connectivity index (χ2v) is 4.56. The fourth-order valence-corrected chi connectivity index (χ4v) is 2.18. The summed E-state index contributed by atoms with van der Waals surface area (Å²) in [6.45, 7) is 0. The Morgan fingerprint density at radius 2 is 1.72 bits per heavy atom. The van der Waals surface area contributed by atoms with Crippen LogP contribution in [0.3, 0.4) is 0 Å². The Bertz CT molecular complexity index is 703. The third-order valence-corrected chi connectivity index (χ3v) is 3.26. The lowest BCUT2D eigenvalue weighted by Gasteiger charge is -2.08. The number of ether oxygens (including phenoxy) is 1. The molecular weight excluding hydrogens is 246 g/mol. The Morgan fingerprint density at radius 1 is 0.944 bits per heavy atom. The topological polar surface area (TPSA) is 14.2 Å². The molecule has 0 saturated carbocycles. The van der Waals surface area contributed by atoms with Crippen LogP contribution >= 0.6 is 11.6 Å². The van der Waals surface area contributed by atoms with Gasteiger partial charge in [-0.3, -0.25) is 0 Å². The summed E-state index contributed by atoms with van der Waals surface area (Å²) in [4.78, 5) is 0. The molecule has 0 atom stereocenters. The molecule has 0 amide bonds. The zero-order valence-electron chi connectivity index (χ0n) is 9.93. The predicted molar refractivity (Wildman–Crippen MR) is 74.4 cm³/mol. The van der Waals surface area contributed by atoms with Crippen LogP contribution in [-0.2, 0) is 7.05 Å². The fourth-order valence-electron chi connectivity index (χ4n) is 2.01. The third-order valence-electron chi connectivity index (χ3n) is 2.94. The fraction of sp³-hybridized carbons (Fsp3) is 0.0667. The minimum Gasteiger partial charge on any atom is -0.455 e. The third kappa shape index (κ3) is 1.85. The molecule has 0 aliphatic rings. The minimum absolute atomic E-state index is 0.616. The molecule has 1 aromatic heterocycles. The molecule has 0 fully saturated rings. The lowest BCUT2D eigenvalue weighted by molar-refractivity contribution is 0.488. The van der Waals surface area contributed by atoms with Gasteiger partial charge < -0.3 is 9.30 Å². The number of aromatic nitrogens is 1. The number of halogens is 1. The van der Waals surface area contributed by atoms with E-state index in [9.17, 15) is 0 Å². The first kappa shape index (κ1) is 11.2. The lowest BCUT2D eigenvalue weighted by atomic mass is 10.2. The van der Waals surface area contributed by atoms with Crippen molar-refractivity contribution in [2.75, 3.05) is 0 Å². The normalized spacial score (nSPS) is 10.8. The van der Waals surface area contributed by atoms with Gasteiger partial charge in [-0.1, -0.05) is 29.8 Å². The molecule has 1 heterocycles. The van der Waals surface area contributed by atoms with Gasteiger partial charge in [-0.15, -0.1) is 0 Å². The van der Waals surface area contributed by atoms with E-state index >= 15 is 0 Å². The molecule has 18 heavy (non-hydrogen) atoms. The number of benzene rings is 2. The molecule has 2 aromatic carbocycles. The first-order valence-electron chi connectivity index (χ1n) is 5.72. The molecule has 0 aliphatic carbocycles. The summed E-state index contributed by atoms with van der Waals surface area (Å²) in [5.41, 5.74) is 1.14. The Hall–Kier alpha value is -1.93. The molecule has 3 rings (SSSR count). The standard InChI is InChI=1S/C15H12ClNO/c1-17-10-9-11-13(17)6-4-8-14(11)18-15-7-3-2-5-12(15)16/h2-10H,1H3. The molecule has 0 N–H and O–H groups in total. The monoisotopic (exact) mass is 257 g/mol. The summed E-state index contributed by atoms with van der Waals surface area (Å²) < 4.78 is 7.95. The van der Waals surface area contributed by atoms with E-state index in [1.807, 2.05) is 55.7 Å². The van der Waals surface area contributed by atoms with Gasteiger partial charge >= 0.3 is 0 Å². The minimum atomic E-state index is 0.616. The Morgan fingerprint density at radius 3 is 2.56 bits per heavy atom. The first-order valence-corrected chi connectivity index (χ1v) is 6.10. The number of hydrogen-bond donors (Lipinski definition) is 0. The van der Waals surface area contributed by atoms with E-state index in [1.54, 1.807) is 0 Å². The molecule has 0 radical (unpaired) electrons. The number of rotatable bonds is 2. The van der Waals surface area contributed by atoms with Crippen molar-refractivity contribution in [2.45, 2.75) is 0 Å². The molecule has 90 valence electrons. The second-order valence-electron chi connectivity index (χ2n) is 4.15. The van der Waals surface area contributed by atoms with Gasteiger partial charge in [0.05, 0.1) is 10.5 Å².